The number of rotatable bonds is 14. The summed E-state index contributed by atoms with van der Waals surface area (Å²) in [5, 5.41) is 0. The molecular formula is C21H40N4. The first kappa shape index (κ1) is 21.7. The lowest BCUT2D eigenvalue weighted by atomic mass is 10.0. The van der Waals surface area contributed by atoms with Crippen LogP contribution in [0.1, 0.15) is 96.2 Å². The van der Waals surface area contributed by atoms with Gasteiger partial charge in [0.05, 0.1) is 0 Å². The van der Waals surface area contributed by atoms with Gasteiger partial charge in [-0.3, -0.25) is 0 Å². The lowest BCUT2D eigenvalue weighted by molar-refractivity contribution is 0.556. The third-order valence-corrected chi connectivity index (χ3v) is 5.06. The van der Waals surface area contributed by atoms with Crippen LogP contribution in [0.3, 0.4) is 0 Å². The van der Waals surface area contributed by atoms with Crippen LogP contribution in [0.4, 0.5) is 11.8 Å². The van der Waals surface area contributed by atoms with E-state index < -0.39 is 0 Å². The number of aryl methyl sites for hydroxylation is 1. The lowest BCUT2D eigenvalue weighted by Crippen LogP contribution is -2.25. The third-order valence-electron chi connectivity index (χ3n) is 5.06. The highest BCUT2D eigenvalue weighted by Crippen LogP contribution is 2.20. The Morgan fingerprint density at radius 3 is 1.76 bits per heavy atom. The molecule has 1 rings (SSSR count). The fraction of sp³-hybridized carbons (Fsp3) is 0.810. The molecule has 144 valence electrons. The first-order chi connectivity index (χ1) is 12.1. The summed E-state index contributed by atoms with van der Waals surface area (Å²) in [6.07, 6.45) is 14.6. The number of nitrogen functional groups attached to an aromatic ring is 1. The summed E-state index contributed by atoms with van der Waals surface area (Å²) in [4.78, 5) is 11.4. The van der Waals surface area contributed by atoms with Crippen molar-refractivity contribution < 1.29 is 0 Å². The lowest BCUT2D eigenvalue weighted by Gasteiger charge is -2.20. The summed E-state index contributed by atoms with van der Waals surface area (Å²) in [6, 6.07) is 0. The molecule has 0 saturated heterocycles. The summed E-state index contributed by atoms with van der Waals surface area (Å²) < 4.78 is 0. The molecule has 0 aliphatic heterocycles. The van der Waals surface area contributed by atoms with Gasteiger partial charge in [-0.15, -0.1) is 0 Å². The molecule has 1 aromatic heterocycles. The van der Waals surface area contributed by atoms with E-state index in [2.05, 4.69) is 42.6 Å². The first-order valence-corrected chi connectivity index (χ1v) is 10.5. The van der Waals surface area contributed by atoms with Crippen LogP contribution in [0.15, 0.2) is 0 Å². The van der Waals surface area contributed by atoms with Crippen molar-refractivity contribution in [2.45, 2.75) is 98.3 Å². The highest BCUT2D eigenvalue weighted by Gasteiger charge is 2.12. The molecule has 4 heteroatoms. The maximum Gasteiger partial charge on any atom is 0.227 e. The number of anilines is 2. The van der Waals surface area contributed by atoms with Gasteiger partial charge in [0.25, 0.3) is 0 Å². The van der Waals surface area contributed by atoms with Gasteiger partial charge in [-0.05, 0) is 33.6 Å². The SMILES string of the molecule is CCCCCCCCCCCCc1c(C)nc(N(CC)CC)nc1N. The van der Waals surface area contributed by atoms with Crippen molar-refractivity contribution in [3.8, 4) is 0 Å². The molecule has 0 bridgehead atoms. The molecule has 0 spiro atoms. The largest absolute Gasteiger partial charge is 0.383 e. The number of hydrogen-bond acceptors (Lipinski definition) is 4. The number of hydrogen-bond donors (Lipinski definition) is 1. The van der Waals surface area contributed by atoms with Gasteiger partial charge in [-0.2, -0.15) is 4.98 Å². The standard InChI is InChI=1S/C21H40N4/c1-5-8-9-10-11-12-13-14-15-16-17-19-18(4)23-21(24-20(19)22)25(6-2)7-3/h5-17H2,1-4H3,(H2,22,23,24). The van der Waals surface area contributed by atoms with Crippen molar-refractivity contribution in [2.24, 2.45) is 0 Å². The van der Waals surface area contributed by atoms with Gasteiger partial charge in [0.15, 0.2) is 0 Å². The fourth-order valence-corrected chi connectivity index (χ4v) is 3.35. The molecule has 0 amide bonds. The minimum absolute atomic E-state index is 0.672. The Morgan fingerprint density at radius 2 is 1.28 bits per heavy atom. The van der Waals surface area contributed by atoms with Crippen molar-refractivity contribution in [1.82, 2.24) is 9.97 Å². The Bertz CT molecular complexity index is 446. The quantitative estimate of drug-likeness (QED) is 0.440. The summed E-state index contributed by atoms with van der Waals surface area (Å²) in [5.41, 5.74) is 8.41. The van der Waals surface area contributed by atoms with Crippen molar-refractivity contribution in [3.05, 3.63) is 11.3 Å². The summed E-state index contributed by atoms with van der Waals surface area (Å²) >= 11 is 0. The number of aromatic nitrogens is 2. The molecule has 0 radical (unpaired) electrons. The Hall–Kier alpha value is -1.32. The number of unbranched alkanes of at least 4 members (excludes halogenated alkanes) is 9. The molecule has 0 aliphatic rings. The summed E-state index contributed by atoms with van der Waals surface area (Å²) in [7, 11) is 0. The van der Waals surface area contributed by atoms with Gasteiger partial charge in [-0.25, -0.2) is 4.98 Å². The second kappa shape index (κ2) is 13.0. The molecule has 0 atom stereocenters. The van der Waals surface area contributed by atoms with Crippen molar-refractivity contribution in [3.63, 3.8) is 0 Å². The highest BCUT2D eigenvalue weighted by atomic mass is 15.3. The molecule has 0 unspecified atom stereocenters. The van der Waals surface area contributed by atoms with Gasteiger partial charge in [0.2, 0.25) is 5.95 Å². The molecule has 0 aliphatic carbocycles. The molecule has 25 heavy (non-hydrogen) atoms. The minimum Gasteiger partial charge on any atom is -0.383 e. The van der Waals surface area contributed by atoms with E-state index in [1.807, 2.05) is 0 Å². The van der Waals surface area contributed by atoms with Gasteiger partial charge in [-0.1, -0.05) is 64.7 Å². The van der Waals surface area contributed by atoms with Gasteiger partial charge >= 0.3 is 0 Å². The Kier molecular flexibility index (Phi) is 11.3. The summed E-state index contributed by atoms with van der Waals surface area (Å²) in [5.74, 6) is 1.44. The molecule has 1 heterocycles. The third kappa shape index (κ3) is 8.06. The second-order valence-corrected chi connectivity index (χ2v) is 7.08. The second-order valence-electron chi connectivity index (χ2n) is 7.08. The zero-order valence-electron chi connectivity index (χ0n) is 17.1. The molecule has 0 aromatic carbocycles. The van der Waals surface area contributed by atoms with E-state index in [1.54, 1.807) is 0 Å². The van der Waals surface area contributed by atoms with Crippen LogP contribution in [-0.2, 0) is 6.42 Å². The van der Waals surface area contributed by atoms with Crippen LogP contribution in [-0.4, -0.2) is 23.1 Å². The first-order valence-electron chi connectivity index (χ1n) is 10.5. The van der Waals surface area contributed by atoms with E-state index in [4.69, 9.17) is 5.73 Å². The van der Waals surface area contributed by atoms with Crippen LogP contribution < -0.4 is 10.6 Å². The number of nitrogens with zero attached hydrogens (tertiary/aromatic N) is 3. The van der Waals surface area contributed by atoms with Crippen LogP contribution >= 0.6 is 0 Å². The van der Waals surface area contributed by atoms with Crippen molar-refractivity contribution in [1.29, 1.82) is 0 Å². The zero-order chi connectivity index (χ0) is 18.5. The highest BCUT2D eigenvalue weighted by molar-refractivity contribution is 5.47. The minimum atomic E-state index is 0.672. The van der Waals surface area contributed by atoms with E-state index >= 15 is 0 Å². The number of nitrogens with two attached hydrogens (primary N) is 1. The van der Waals surface area contributed by atoms with Gasteiger partial charge < -0.3 is 10.6 Å². The van der Waals surface area contributed by atoms with Crippen LogP contribution in [0.5, 0.6) is 0 Å². The van der Waals surface area contributed by atoms with Crippen LogP contribution in [0, 0.1) is 6.92 Å². The normalized spacial score (nSPS) is 11.0. The average molecular weight is 349 g/mol. The molecular weight excluding hydrogens is 308 g/mol. The predicted molar refractivity (Wildman–Crippen MR) is 110 cm³/mol. The fourth-order valence-electron chi connectivity index (χ4n) is 3.35. The Balaban J connectivity index is 2.29. The maximum atomic E-state index is 6.21. The molecule has 0 saturated carbocycles. The van der Waals surface area contributed by atoms with Gasteiger partial charge in [0.1, 0.15) is 5.82 Å². The Labute approximate surface area is 155 Å². The average Bonchev–Trinajstić information content (AvgIpc) is 2.59. The van der Waals surface area contributed by atoms with Crippen LogP contribution in [0.2, 0.25) is 0 Å². The van der Waals surface area contributed by atoms with Crippen molar-refractivity contribution >= 4 is 11.8 Å². The van der Waals surface area contributed by atoms with Gasteiger partial charge in [0, 0.05) is 24.3 Å². The summed E-state index contributed by atoms with van der Waals surface area (Å²) in [6.45, 7) is 10.4. The van der Waals surface area contributed by atoms with E-state index in [0.29, 0.717) is 5.82 Å². The van der Waals surface area contributed by atoms with E-state index in [0.717, 1.165) is 36.7 Å². The zero-order valence-corrected chi connectivity index (χ0v) is 17.1. The van der Waals surface area contributed by atoms with E-state index in [9.17, 15) is 0 Å². The molecule has 4 nitrogen and oxygen atoms in total. The maximum absolute atomic E-state index is 6.21. The smallest absolute Gasteiger partial charge is 0.227 e. The van der Waals surface area contributed by atoms with E-state index in [1.165, 1.54) is 64.2 Å². The van der Waals surface area contributed by atoms with Crippen molar-refractivity contribution in [2.75, 3.05) is 23.7 Å². The topological polar surface area (TPSA) is 55.0 Å². The molecule has 0 fully saturated rings. The van der Waals surface area contributed by atoms with E-state index in [-0.39, 0.29) is 0 Å². The van der Waals surface area contributed by atoms with Crippen LogP contribution in [0.25, 0.3) is 0 Å². The predicted octanol–water partition coefficient (Wildman–Crippen LogP) is 5.68. The Morgan fingerprint density at radius 1 is 0.760 bits per heavy atom. The monoisotopic (exact) mass is 348 g/mol. The molecule has 1 aromatic rings. The molecule has 2 N–H and O–H groups in total.